The van der Waals surface area contributed by atoms with E-state index in [1.165, 1.54) is 11.8 Å². The van der Waals surface area contributed by atoms with Crippen molar-refractivity contribution in [1.29, 1.82) is 0 Å². The molecule has 5 nitrogen and oxygen atoms in total. The lowest BCUT2D eigenvalue weighted by atomic mass is 9.92. The Morgan fingerprint density at radius 2 is 2.14 bits per heavy atom. The first kappa shape index (κ1) is 16.1. The Balaban J connectivity index is 2.27. The summed E-state index contributed by atoms with van der Waals surface area (Å²) in [6, 6.07) is 1.70. The van der Waals surface area contributed by atoms with Gasteiger partial charge in [0.05, 0.1) is 11.6 Å². The van der Waals surface area contributed by atoms with Gasteiger partial charge >= 0.3 is 0 Å². The molecule has 2 heterocycles. The highest BCUT2D eigenvalue weighted by molar-refractivity contribution is 7.99. The van der Waals surface area contributed by atoms with E-state index in [-0.39, 0.29) is 28.8 Å². The Bertz CT molecular complexity index is 602. The van der Waals surface area contributed by atoms with E-state index in [0.717, 1.165) is 10.9 Å². The van der Waals surface area contributed by atoms with Crippen LogP contribution in [0.5, 0.6) is 0 Å². The van der Waals surface area contributed by atoms with Gasteiger partial charge in [-0.3, -0.25) is 14.2 Å². The molecular weight excluding hydrogens is 286 g/mol. The molecule has 0 spiro atoms. The first-order valence-corrected chi connectivity index (χ1v) is 8.22. The molecule has 6 heteroatoms. The summed E-state index contributed by atoms with van der Waals surface area (Å²) in [6.45, 7) is 10.4. The molecular formula is C15H23N3O2S. The van der Waals surface area contributed by atoms with Crippen molar-refractivity contribution in [3.63, 3.8) is 0 Å². The van der Waals surface area contributed by atoms with E-state index >= 15 is 0 Å². The zero-order valence-electron chi connectivity index (χ0n) is 13.3. The SMILES string of the molecule is CC(C)NC(=O)C1CSc2nc(C(C)(C)C)cc(=O)n2C1. The minimum Gasteiger partial charge on any atom is -0.354 e. The molecule has 2 rings (SSSR count). The van der Waals surface area contributed by atoms with Crippen LogP contribution < -0.4 is 10.9 Å². The van der Waals surface area contributed by atoms with Crippen molar-refractivity contribution in [2.24, 2.45) is 5.92 Å². The molecule has 0 bridgehead atoms. The number of carbonyl (C=O) groups excluding carboxylic acids is 1. The highest BCUT2D eigenvalue weighted by Crippen LogP contribution is 2.27. The van der Waals surface area contributed by atoms with Crippen LogP contribution in [0, 0.1) is 5.92 Å². The van der Waals surface area contributed by atoms with Gasteiger partial charge in [-0.25, -0.2) is 4.98 Å². The lowest BCUT2D eigenvalue weighted by Gasteiger charge is -2.27. The zero-order valence-corrected chi connectivity index (χ0v) is 14.1. The minimum atomic E-state index is -0.176. The second-order valence-corrected chi connectivity index (χ2v) is 7.78. The average molecular weight is 309 g/mol. The Kier molecular flexibility index (Phi) is 4.46. The molecule has 21 heavy (non-hydrogen) atoms. The molecule has 0 fully saturated rings. The van der Waals surface area contributed by atoms with Crippen LogP contribution in [0.1, 0.15) is 40.3 Å². The smallest absolute Gasteiger partial charge is 0.254 e. The Morgan fingerprint density at radius 1 is 1.48 bits per heavy atom. The number of fused-ring (bicyclic) bond motifs is 1. The number of nitrogens with zero attached hydrogens (tertiary/aromatic N) is 2. The standard InChI is InChI=1S/C15H23N3O2S/c1-9(2)16-13(20)10-7-18-12(19)6-11(15(3,4)5)17-14(18)21-8-10/h6,9-10H,7-8H2,1-5H3,(H,16,20). The van der Waals surface area contributed by atoms with Gasteiger partial charge in [0.15, 0.2) is 5.16 Å². The minimum absolute atomic E-state index is 0.00921. The topological polar surface area (TPSA) is 64.0 Å². The largest absolute Gasteiger partial charge is 0.354 e. The maximum absolute atomic E-state index is 12.3. The van der Waals surface area contributed by atoms with Crippen molar-refractivity contribution >= 4 is 17.7 Å². The quantitative estimate of drug-likeness (QED) is 0.846. The van der Waals surface area contributed by atoms with Gasteiger partial charge in [0, 0.05) is 29.8 Å². The molecule has 1 amide bonds. The van der Waals surface area contributed by atoms with Crippen LogP contribution in [-0.4, -0.2) is 27.3 Å². The third-order valence-electron chi connectivity index (χ3n) is 3.36. The lowest BCUT2D eigenvalue weighted by molar-refractivity contribution is -0.125. The van der Waals surface area contributed by atoms with E-state index in [2.05, 4.69) is 10.3 Å². The first-order valence-electron chi connectivity index (χ1n) is 7.24. The van der Waals surface area contributed by atoms with Gasteiger partial charge in [0.25, 0.3) is 5.56 Å². The summed E-state index contributed by atoms with van der Waals surface area (Å²) in [5.41, 5.74) is 0.581. The van der Waals surface area contributed by atoms with E-state index < -0.39 is 0 Å². The van der Waals surface area contributed by atoms with Crippen molar-refractivity contribution in [3.8, 4) is 0 Å². The molecule has 0 aliphatic carbocycles. The number of thioether (sulfide) groups is 1. The molecule has 116 valence electrons. The summed E-state index contributed by atoms with van der Waals surface area (Å²) in [5.74, 6) is 0.498. The van der Waals surface area contributed by atoms with Gasteiger partial charge in [-0.05, 0) is 13.8 Å². The Labute approximate surface area is 129 Å². The van der Waals surface area contributed by atoms with Crippen molar-refractivity contribution in [2.45, 2.75) is 57.8 Å². The van der Waals surface area contributed by atoms with Gasteiger partial charge in [-0.15, -0.1) is 0 Å². The van der Waals surface area contributed by atoms with Crippen molar-refractivity contribution in [2.75, 3.05) is 5.75 Å². The van der Waals surface area contributed by atoms with Gasteiger partial charge < -0.3 is 5.32 Å². The molecule has 1 aliphatic heterocycles. The maximum Gasteiger partial charge on any atom is 0.254 e. The zero-order chi connectivity index (χ0) is 15.8. The first-order chi connectivity index (χ1) is 9.68. The van der Waals surface area contributed by atoms with E-state index in [0.29, 0.717) is 12.3 Å². The van der Waals surface area contributed by atoms with Crippen molar-refractivity contribution < 1.29 is 4.79 Å². The van der Waals surface area contributed by atoms with Gasteiger partial charge in [-0.2, -0.15) is 0 Å². The molecule has 1 unspecified atom stereocenters. The molecule has 0 saturated carbocycles. The second kappa shape index (κ2) is 5.83. The number of rotatable bonds is 2. The molecule has 1 N–H and O–H groups in total. The lowest BCUT2D eigenvalue weighted by Crippen LogP contribution is -2.42. The summed E-state index contributed by atoms with van der Waals surface area (Å²) in [4.78, 5) is 29.0. The number of amides is 1. The number of nitrogens with one attached hydrogen (secondary N) is 1. The number of aromatic nitrogens is 2. The fraction of sp³-hybridized carbons (Fsp3) is 0.667. The average Bonchev–Trinajstić information content (AvgIpc) is 2.36. The van der Waals surface area contributed by atoms with E-state index in [9.17, 15) is 9.59 Å². The van der Waals surface area contributed by atoms with Crippen LogP contribution in [0.25, 0.3) is 0 Å². The molecule has 0 aromatic carbocycles. The molecule has 0 saturated heterocycles. The Morgan fingerprint density at radius 3 is 2.71 bits per heavy atom. The van der Waals surface area contributed by atoms with Gasteiger partial charge in [-0.1, -0.05) is 32.5 Å². The number of carbonyl (C=O) groups is 1. The molecule has 0 radical (unpaired) electrons. The molecule has 1 atom stereocenters. The monoisotopic (exact) mass is 309 g/mol. The Hall–Kier alpha value is -1.30. The highest BCUT2D eigenvalue weighted by atomic mass is 32.2. The van der Waals surface area contributed by atoms with Crippen LogP contribution in [0.3, 0.4) is 0 Å². The molecule has 1 aliphatic rings. The fourth-order valence-corrected chi connectivity index (χ4v) is 3.25. The van der Waals surface area contributed by atoms with Crippen molar-refractivity contribution in [1.82, 2.24) is 14.9 Å². The summed E-state index contributed by atoms with van der Waals surface area (Å²) in [7, 11) is 0. The van der Waals surface area contributed by atoms with Crippen LogP contribution in [0.15, 0.2) is 16.0 Å². The second-order valence-electron chi connectivity index (χ2n) is 6.79. The van der Waals surface area contributed by atoms with Crippen LogP contribution >= 0.6 is 11.8 Å². The number of hydrogen-bond donors (Lipinski definition) is 1. The summed E-state index contributed by atoms with van der Waals surface area (Å²) < 4.78 is 1.62. The van der Waals surface area contributed by atoms with Crippen LogP contribution in [-0.2, 0) is 16.8 Å². The van der Waals surface area contributed by atoms with Crippen LogP contribution in [0.4, 0.5) is 0 Å². The molecule has 1 aromatic heterocycles. The van der Waals surface area contributed by atoms with Gasteiger partial charge in [0.1, 0.15) is 0 Å². The van der Waals surface area contributed by atoms with E-state index in [1.807, 2.05) is 34.6 Å². The predicted molar refractivity (Wildman–Crippen MR) is 84.7 cm³/mol. The fourth-order valence-electron chi connectivity index (χ4n) is 2.16. The predicted octanol–water partition coefficient (Wildman–Crippen LogP) is 1.79. The maximum atomic E-state index is 12.3. The van der Waals surface area contributed by atoms with E-state index in [1.54, 1.807) is 10.6 Å². The third-order valence-corrected chi connectivity index (χ3v) is 4.50. The molecule has 1 aromatic rings. The third kappa shape index (κ3) is 3.67. The summed E-state index contributed by atoms with van der Waals surface area (Å²) >= 11 is 1.49. The van der Waals surface area contributed by atoms with Crippen molar-refractivity contribution in [3.05, 3.63) is 22.1 Å². The van der Waals surface area contributed by atoms with E-state index in [4.69, 9.17) is 0 Å². The summed E-state index contributed by atoms with van der Waals surface area (Å²) in [5, 5.41) is 3.63. The van der Waals surface area contributed by atoms with Crippen LogP contribution in [0.2, 0.25) is 0 Å². The highest BCUT2D eigenvalue weighted by Gasteiger charge is 2.28. The number of hydrogen-bond acceptors (Lipinski definition) is 4. The normalized spacial score (nSPS) is 18.5. The van der Waals surface area contributed by atoms with Gasteiger partial charge in [0.2, 0.25) is 5.91 Å². The summed E-state index contributed by atoms with van der Waals surface area (Å²) in [6.07, 6.45) is 0.